The first-order chi connectivity index (χ1) is 13.5. The van der Waals surface area contributed by atoms with Crippen LogP contribution in [0.2, 0.25) is 0 Å². The average molecular weight is 417 g/mol. The van der Waals surface area contributed by atoms with E-state index in [2.05, 4.69) is 14.5 Å². The van der Waals surface area contributed by atoms with Crippen molar-refractivity contribution in [2.24, 2.45) is 0 Å². The molecule has 1 aromatic heterocycles. The monoisotopic (exact) mass is 417 g/mol. The molecule has 0 aliphatic carbocycles. The molecule has 2 aromatic carbocycles. The summed E-state index contributed by atoms with van der Waals surface area (Å²) < 4.78 is 98.0. The number of ether oxygens (including phenoxy) is 2. The molecule has 0 N–H and O–H groups in total. The van der Waals surface area contributed by atoms with Gasteiger partial charge < -0.3 is 9.47 Å². The second kappa shape index (κ2) is 7.61. The van der Waals surface area contributed by atoms with Gasteiger partial charge in [-0.3, -0.25) is 0 Å². The molecule has 3 rings (SSSR count). The SMILES string of the molecule is Fc1ccc(-c2ccccc2OC(F)(F)F)nc1-c1ccccc1OC(F)(F)F. The van der Waals surface area contributed by atoms with Gasteiger partial charge in [-0.15, -0.1) is 26.3 Å². The van der Waals surface area contributed by atoms with Gasteiger partial charge in [0.2, 0.25) is 0 Å². The Kier molecular flexibility index (Phi) is 5.36. The molecule has 1 heterocycles. The fraction of sp³-hybridized carbons (Fsp3) is 0.105. The van der Waals surface area contributed by atoms with Crippen LogP contribution in [0.25, 0.3) is 22.5 Å². The molecule has 0 aliphatic rings. The molecule has 0 bridgehead atoms. The van der Waals surface area contributed by atoms with Crippen molar-refractivity contribution >= 4 is 0 Å². The Morgan fingerprint density at radius 1 is 0.621 bits per heavy atom. The van der Waals surface area contributed by atoms with Crippen molar-refractivity contribution in [1.82, 2.24) is 4.98 Å². The van der Waals surface area contributed by atoms with Gasteiger partial charge in [-0.05, 0) is 36.4 Å². The van der Waals surface area contributed by atoms with Gasteiger partial charge in [0.15, 0.2) is 0 Å². The Labute approximate surface area is 159 Å². The van der Waals surface area contributed by atoms with Gasteiger partial charge in [-0.2, -0.15) is 0 Å². The third kappa shape index (κ3) is 5.15. The van der Waals surface area contributed by atoms with E-state index in [1.807, 2.05) is 0 Å². The maximum Gasteiger partial charge on any atom is 0.573 e. The first-order valence-electron chi connectivity index (χ1n) is 7.90. The van der Waals surface area contributed by atoms with Crippen LogP contribution < -0.4 is 9.47 Å². The molecule has 152 valence electrons. The van der Waals surface area contributed by atoms with Gasteiger partial charge in [-0.1, -0.05) is 24.3 Å². The van der Waals surface area contributed by atoms with Crippen LogP contribution >= 0.6 is 0 Å². The molecule has 0 aliphatic heterocycles. The summed E-state index contributed by atoms with van der Waals surface area (Å²) in [4.78, 5) is 3.92. The van der Waals surface area contributed by atoms with Crippen molar-refractivity contribution in [2.45, 2.75) is 12.7 Å². The topological polar surface area (TPSA) is 31.4 Å². The zero-order valence-electron chi connectivity index (χ0n) is 14.2. The number of hydrogen-bond acceptors (Lipinski definition) is 3. The lowest BCUT2D eigenvalue weighted by atomic mass is 10.1. The minimum atomic E-state index is -5.03. The lowest BCUT2D eigenvalue weighted by Crippen LogP contribution is -2.18. The number of para-hydroxylation sites is 2. The largest absolute Gasteiger partial charge is 0.573 e. The molecule has 0 radical (unpaired) electrons. The normalized spacial score (nSPS) is 12.0. The number of nitrogens with zero attached hydrogens (tertiary/aromatic N) is 1. The second-order valence-electron chi connectivity index (χ2n) is 5.61. The van der Waals surface area contributed by atoms with E-state index in [4.69, 9.17) is 0 Å². The van der Waals surface area contributed by atoms with E-state index >= 15 is 0 Å². The number of alkyl halides is 6. The van der Waals surface area contributed by atoms with E-state index in [0.717, 1.165) is 30.3 Å². The van der Waals surface area contributed by atoms with Crippen molar-refractivity contribution in [3.8, 4) is 34.0 Å². The molecule has 0 spiro atoms. The molecule has 3 nitrogen and oxygen atoms in total. The molecule has 3 aromatic rings. The summed E-state index contributed by atoms with van der Waals surface area (Å²) in [7, 11) is 0. The van der Waals surface area contributed by atoms with Crippen molar-refractivity contribution in [3.63, 3.8) is 0 Å². The van der Waals surface area contributed by atoms with Crippen LogP contribution in [0.3, 0.4) is 0 Å². The van der Waals surface area contributed by atoms with Crippen LogP contribution in [0.1, 0.15) is 0 Å². The highest BCUT2D eigenvalue weighted by Crippen LogP contribution is 2.37. The van der Waals surface area contributed by atoms with Crippen LogP contribution in [-0.2, 0) is 0 Å². The predicted molar refractivity (Wildman–Crippen MR) is 88.4 cm³/mol. The second-order valence-corrected chi connectivity index (χ2v) is 5.61. The predicted octanol–water partition coefficient (Wildman–Crippen LogP) is 6.35. The van der Waals surface area contributed by atoms with Gasteiger partial charge in [-0.25, -0.2) is 9.37 Å². The van der Waals surface area contributed by atoms with E-state index in [0.29, 0.717) is 0 Å². The summed E-state index contributed by atoms with van der Waals surface area (Å²) >= 11 is 0. The molecular formula is C19H10F7NO2. The van der Waals surface area contributed by atoms with Crippen LogP contribution in [0.15, 0.2) is 60.7 Å². The highest BCUT2D eigenvalue weighted by Gasteiger charge is 2.33. The van der Waals surface area contributed by atoms with Gasteiger partial charge in [0.25, 0.3) is 0 Å². The maximum atomic E-state index is 14.3. The van der Waals surface area contributed by atoms with Crippen molar-refractivity contribution in [2.75, 3.05) is 0 Å². The van der Waals surface area contributed by atoms with E-state index in [1.54, 1.807) is 0 Å². The molecule has 0 unspecified atom stereocenters. The summed E-state index contributed by atoms with van der Waals surface area (Å²) in [5.41, 5.74) is -1.11. The zero-order valence-corrected chi connectivity index (χ0v) is 14.2. The number of aromatic nitrogens is 1. The van der Waals surface area contributed by atoms with Gasteiger partial charge in [0.1, 0.15) is 23.0 Å². The Balaban J connectivity index is 2.11. The first-order valence-corrected chi connectivity index (χ1v) is 7.90. The third-order valence-corrected chi connectivity index (χ3v) is 3.60. The van der Waals surface area contributed by atoms with E-state index in [9.17, 15) is 30.7 Å². The Bertz CT molecular complexity index is 1020. The maximum absolute atomic E-state index is 14.3. The third-order valence-electron chi connectivity index (χ3n) is 3.60. The molecule has 0 saturated carbocycles. The minimum absolute atomic E-state index is 0.125. The highest BCUT2D eigenvalue weighted by molar-refractivity contribution is 5.73. The minimum Gasteiger partial charge on any atom is -0.405 e. The highest BCUT2D eigenvalue weighted by atomic mass is 19.4. The fourth-order valence-corrected chi connectivity index (χ4v) is 2.55. The average Bonchev–Trinajstić information content (AvgIpc) is 2.61. The summed E-state index contributed by atoms with van der Waals surface area (Å²) in [5.74, 6) is -2.28. The van der Waals surface area contributed by atoms with Crippen LogP contribution in [0, 0.1) is 5.82 Å². The van der Waals surface area contributed by atoms with E-state index in [-0.39, 0.29) is 16.8 Å². The Hall–Kier alpha value is -3.30. The van der Waals surface area contributed by atoms with Gasteiger partial charge in [0, 0.05) is 11.1 Å². The van der Waals surface area contributed by atoms with Crippen LogP contribution in [0.5, 0.6) is 11.5 Å². The van der Waals surface area contributed by atoms with Gasteiger partial charge in [0.05, 0.1) is 5.69 Å². The Morgan fingerprint density at radius 3 is 1.66 bits per heavy atom. The number of rotatable bonds is 4. The lowest BCUT2D eigenvalue weighted by Gasteiger charge is -2.15. The van der Waals surface area contributed by atoms with E-state index in [1.165, 1.54) is 30.3 Å². The number of halogens is 7. The lowest BCUT2D eigenvalue weighted by molar-refractivity contribution is -0.275. The van der Waals surface area contributed by atoms with Gasteiger partial charge >= 0.3 is 12.7 Å². The number of benzene rings is 2. The van der Waals surface area contributed by atoms with Crippen molar-refractivity contribution < 1.29 is 40.2 Å². The Morgan fingerprint density at radius 2 is 1.10 bits per heavy atom. The van der Waals surface area contributed by atoms with Crippen LogP contribution in [-0.4, -0.2) is 17.7 Å². The number of pyridine rings is 1. The number of hydrogen-bond donors (Lipinski definition) is 0. The summed E-state index contributed by atoms with van der Waals surface area (Å²) in [5, 5.41) is 0. The fourth-order valence-electron chi connectivity index (χ4n) is 2.55. The smallest absolute Gasteiger partial charge is 0.405 e. The van der Waals surface area contributed by atoms with Crippen molar-refractivity contribution in [3.05, 3.63) is 66.5 Å². The van der Waals surface area contributed by atoms with Crippen LogP contribution in [0.4, 0.5) is 30.7 Å². The molecular weight excluding hydrogens is 407 g/mol. The molecule has 29 heavy (non-hydrogen) atoms. The summed E-state index contributed by atoms with van der Waals surface area (Å²) in [6, 6.07) is 11.7. The zero-order chi connectivity index (χ0) is 21.2. The molecule has 0 fully saturated rings. The van der Waals surface area contributed by atoms with Crippen molar-refractivity contribution in [1.29, 1.82) is 0 Å². The quantitative estimate of drug-likeness (QED) is 0.464. The molecule has 0 amide bonds. The standard InChI is InChI=1S/C19H10F7NO2/c20-13-9-10-14(11-5-1-3-7-15(11)28-18(21,22)23)27-17(13)12-6-2-4-8-16(12)29-19(24,25)26/h1-10H. The first kappa shape index (κ1) is 20.4. The van der Waals surface area contributed by atoms with E-state index < -0.39 is 35.7 Å². The molecule has 10 heteroatoms. The molecule has 0 atom stereocenters. The summed E-state index contributed by atoms with van der Waals surface area (Å²) in [6.07, 6.45) is -10.0. The summed E-state index contributed by atoms with van der Waals surface area (Å²) in [6.45, 7) is 0. The molecule has 0 saturated heterocycles.